The largest absolute Gasteiger partial charge is 0.465 e. The number of carbonyl (C=O) groups excluding carboxylic acids is 1. The van der Waals surface area contributed by atoms with Crippen molar-refractivity contribution in [1.82, 2.24) is 10.2 Å². The number of amides is 2. The molecule has 0 aromatic carbocycles. The van der Waals surface area contributed by atoms with Crippen LogP contribution < -0.4 is 5.32 Å². The highest BCUT2D eigenvalue weighted by Crippen LogP contribution is 2.16. The lowest BCUT2D eigenvalue weighted by molar-refractivity contribution is -0.126. The van der Waals surface area contributed by atoms with E-state index in [0.717, 1.165) is 19.3 Å². The molecule has 1 fully saturated rings. The molecule has 2 N–H and O–H groups in total. The van der Waals surface area contributed by atoms with E-state index in [9.17, 15) is 9.59 Å². The van der Waals surface area contributed by atoms with Crippen molar-refractivity contribution in [3.05, 3.63) is 0 Å². The van der Waals surface area contributed by atoms with E-state index in [0.29, 0.717) is 19.6 Å². The average molecular weight is 214 g/mol. The van der Waals surface area contributed by atoms with Crippen LogP contribution in [0.25, 0.3) is 0 Å². The van der Waals surface area contributed by atoms with Gasteiger partial charge in [-0.1, -0.05) is 6.92 Å². The van der Waals surface area contributed by atoms with E-state index in [2.05, 4.69) is 5.32 Å². The fourth-order valence-corrected chi connectivity index (χ4v) is 1.76. The number of hydrogen-bond acceptors (Lipinski definition) is 2. The monoisotopic (exact) mass is 214 g/mol. The van der Waals surface area contributed by atoms with E-state index in [1.165, 1.54) is 4.90 Å². The van der Waals surface area contributed by atoms with Crippen LogP contribution in [0.3, 0.4) is 0 Å². The number of carboxylic acid groups (broad SMARTS) is 1. The predicted molar refractivity (Wildman–Crippen MR) is 55.6 cm³/mol. The van der Waals surface area contributed by atoms with Crippen LogP contribution in [0.5, 0.6) is 0 Å². The summed E-state index contributed by atoms with van der Waals surface area (Å²) in [6, 6.07) is 0. The summed E-state index contributed by atoms with van der Waals surface area (Å²) in [6.07, 6.45) is 1.54. The van der Waals surface area contributed by atoms with Crippen molar-refractivity contribution in [3.8, 4) is 0 Å². The van der Waals surface area contributed by atoms with Crippen LogP contribution in [-0.2, 0) is 4.79 Å². The summed E-state index contributed by atoms with van der Waals surface area (Å²) in [5.41, 5.74) is 0. The fraction of sp³-hybridized carbons (Fsp3) is 0.800. The van der Waals surface area contributed by atoms with E-state index in [1.54, 1.807) is 0 Å². The standard InChI is InChI=1S/C10H18N2O3/c1-2-5-11-9(13)8-4-3-6-12(7-8)10(14)15/h8H,2-7H2,1H3,(H,11,13)(H,14,15). The Morgan fingerprint density at radius 1 is 1.53 bits per heavy atom. The molecule has 0 bridgehead atoms. The number of nitrogens with one attached hydrogen (secondary N) is 1. The second kappa shape index (κ2) is 5.58. The number of likely N-dealkylation sites (tertiary alicyclic amines) is 1. The molecule has 0 aromatic rings. The van der Waals surface area contributed by atoms with Crippen molar-refractivity contribution >= 4 is 12.0 Å². The highest BCUT2D eigenvalue weighted by Gasteiger charge is 2.27. The van der Waals surface area contributed by atoms with Crippen molar-refractivity contribution in [2.24, 2.45) is 5.92 Å². The number of nitrogens with zero attached hydrogens (tertiary/aromatic N) is 1. The summed E-state index contributed by atoms with van der Waals surface area (Å²) in [6.45, 7) is 3.55. The van der Waals surface area contributed by atoms with Gasteiger partial charge in [0, 0.05) is 19.6 Å². The van der Waals surface area contributed by atoms with Gasteiger partial charge in [0.15, 0.2) is 0 Å². The van der Waals surface area contributed by atoms with Crippen LogP contribution >= 0.6 is 0 Å². The predicted octanol–water partition coefficient (Wildman–Crippen LogP) is 0.903. The van der Waals surface area contributed by atoms with Crippen LogP contribution in [0, 0.1) is 5.92 Å². The Kier molecular flexibility index (Phi) is 4.39. The van der Waals surface area contributed by atoms with Gasteiger partial charge in [0.2, 0.25) is 5.91 Å². The SMILES string of the molecule is CCCNC(=O)C1CCCN(C(=O)O)C1. The highest BCUT2D eigenvalue weighted by molar-refractivity contribution is 5.79. The number of piperidine rings is 1. The molecule has 1 heterocycles. The Labute approximate surface area is 89.4 Å². The van der Waals surface area contributed by atoms with Crippen molar-refractivity contribution in [2.45, 2.75) is 26.2 Å². The molecule has 0 aliphatic carbocycles. The molecule has 0 saturated carbocycles. The minimum absolute atomic E-state index is 0.0113. The Hall–Kier alpha value is -1.26. The molecule has 1 rings (SSSR count). The molecule has 5 heteroatoms. The summed E-state index contributed by atoms with van der Waals surface area (Å²) in [4.78, 5) is 23.6. The summed E-state index contributed by atoms with van der Waals surface area (Å²) >= 11 is 0. The van der Waals surface area contributed by atoms with Gasteiger partial charge in [-0.15, -0.1) is 0 Å². The molecule has 1 saturated heterocycles. The van der Waals surface area contributed by atoms with Gasteiger partial charge in [-0.25, -0.2) is 4.79 Å². The van der Waals surface area contributed by atoms with Gasteiger partial charge in [-0.2, -0.15) is 0 Å². The lowest BCUT2D eigenvalue weighted by atomic mass is 9.97. The third kappa shape index (κ3) is 3.42. The second-order valence-corrected chi connectivity index (χ2v) is 3.86. The van der Waals surface area contributed by atoms with Crippen molar-refractivity contribution in [3.63, 3.8) is 0 Å². The maximum absolute atomic E-state index is 11.6. The molecular formula is C10H18N2O3. The van der Waals surface area contributed by atoms with Gasteiger partial charge < -0.3 is 15.3 Å². The number of rotatable bonds is 3. The van der Waals surface area contributed by atoms with E-state index >= 15 is 0 Å². The van der Waals surface area contributed by atoms with E-state index in [4.69, 9.17) is 5.11 Å². The van der Waals surface area contributed by atoms with Crippen LogP contribution in [-0.4, -0.2) is 41.6 Å². The Morgan fingerprint density at radius 3 is 2.87 bits per heavy atom. The first-order chi connectivity index (χ1) is 7.15. The molecule has 1 atom stereocenters. The maximum Gasteiger partial charge on any atom is 0.407 e. The first-order valence-corrected chi connectivity index (χ1v) is 5.40. The molecule has 0 spiro atoms. The van der Waals surface area contributed by atoms with Gasteiger partial charge in [-0.05, 0) is 19.3 Å². The molecule has 86 valence electrons. The fourth-order valence-electron chi connectivity index (χ4n) is 1.76. The van der Waals surface area contributed by atoms with Crippen molar-refractivity contribution < 1.29 is 14.7 Å². The third-order valence-corrected chi connectivity index (χ3v) is 2.61. The quantitative estimate of drug-likeness (QED) is 0.733. The zero-order valence-corrected chi connectivity index (χ0v) is 9.03. The molecular weight excluding hydrogens is 196 g/mol. The summed E-state index contributed by atoms with van der Waals surface area (Å²) in [7, 11) is 0. The minimum atomic E-state index is -0.928. The highest BCUT2D eigenvalue weighted by atomic mass is 16.4. The lowest BCUT2D eigenvalue weighted by Gasteiger charge is -2.29. The maximum atomic E-state index is 11.6. The molecule has 1 aliphatic rings. The molecule has 2 amide bonds. The van der Waals surface area contributed by atoms with Gasteiger partial charge in [0.25, 0.3) is 0 Å². The van der Waals surface area contributed by atoms with E-state index in [1.807, 2.05) is 6.92 Å². The second-order valence-electron chi connectivity index (χ2n) is 3.86. The third-order valence-electron chi connectivity index (χ3n) is 2.61. The Bertz CT molecular complexity index is 243. The van der Waals surface area contributed by atoms with Crippen LogP contribution in [0.15, 0.2) is 0 Å². The Morgan fingerprint density at radius 2 is 2.27 bits per heavy atom. The molecule has 0 radical (unpaired) electrons. The molecule has 5 nitrogen and oxygen atoms in total. The lowest BCUT2D eigenvalue weighted by Crippen LogP contribution is -2.45. The minimum Gasteiger partial charge on any atom is -0.465 e. The summed E-state index contributed by atoms with van der Waals surface area (Å²) in [5.74, 6) is -0.177. The van der Waals surface area contributed by atoms with E-state index in [-0.39, 0.29) is 11.8 Å². The first-order valence-electron chi connectivity index (χ1n) is 5.40. The van der Waals surface area contributed by atoms with Gasteiger partial charge in [0.1, 0.15) is 0 Å². The van der Waals surface area contributed by atoms with Crippen LogP contribution in [0.1, 0.15) is 26.2 Å². The van der Waals surface area contributed by atoms with Gasteiger partial charge in [-0.3, -0.25) is 4.79 Å². The van der Waals surface area contributed by atoms with Crippen LogP contribution in [0.4, 0.5) is 4.79 Å². The number of hydrogen-bond donors (Lipinski definition) is 2. The topological polar surface area (TPSA) is 69.6 Å². The molecule has 0 aromatic heterocycles. The molecule has 1 aliphatic heterocycles. The zero-order valence-electron chi connectivity index (χ0n) is 9.03. The van der Waals surface area contributed by atoms with Crippen LogP contribution in [0.2, 0.25) is 0 Å². The molecule has 1 unspecified atom stereocenters. The van der Waals surface area contributed by atoms with E-state index < -0.39 is 6.09 Å². The normalized spacial score (nSPS) is 21.1. The van der Waals surface area contributed by atoms with Gasteiger partial charge >= 0.3 is 6.09 Å². The molecule has 15 heavy (non-hydrogen) atoms. The summed E-state index contributed by atoms with van der Waals surface area (Å²) in [5, 5.41) is 11.6. The smallest absolute Gasteiger partial charge is 0.407 e. The van der Waals surface area contributed by atoms with Crippen molar-refractivity contribution in [2.75, 3.05) is 19.6 Å². The Balaban J connectivity index is 2.41. The summed E-state index contributed by atoms with van der Waals surface area (Å²) < 4.78 is 0. The number of carbonyl (C=O) groups is 2. The average Bonchev–Trinajstić information content (AvgIpc) is 2.26. The van der Waals surface area contributed by atoms with Crippen molar-refractivity contribution in [1.29, 1.82) is 0 Å². The first kappa shape index (κ1) is 11.8. The zero-order chi connectivity index (χ0) is 11.3. The van der Waals surface area contributed by atoms with Gasteiger partial charge in [0.05, 0.1) is 5.92 Å².